The predicted molar refractivity (Wildman–Crippen MR) is 123 cm³/mol. The van der Waals surface area contributed by atoms with Crippen LogP contribution in [-0.4, -0.2) is 32.4 Å². The fraction of sp³-hybridized carbons (Fsp3) is 0.136. The molecule has 1 aliphatic rings. The first-order valence-electron chi connectivity index (χ1n) is 9.72. The average Bonchev–Trinajstić information content (AvgIpc) is 2.80. The predicted octanol–water partition coefficient (Wildman–Crippen LogP) is 3.57. The molecule has 162 valence electrons. The Labute approximate surface area is 190 Å². The fourth-order valence-electron chi connectivity index (χ4n) is 3.29. The van der Waals surface area contributed by atoms with E-state index in [1.807, 2.05) is 6.07 Å². The Morgan fingerprint density at radius 3 is 2.59 bits per heavy atom. The van der Waals surface area contributed by atoms with Gasteiger partial charge in [-0.25, -0.2) is 0 Å². The van der Waals surface area contributed by atoms with Gasteiger partial charge in [0.1, 0.15) is 6.07 Å². The zero-order valence-electron chi connectivity index (χ0n) is 16.7. The van der Waals surface area contributed by atoms with Gasteiger partial charge in [0.05, 0.1) is 22.0 Å². The number of anilines is 2. The minimum absolute atomic E-state index is 0.350. The van der Waals surface area contributed by atoms with Crippen molar-refractivity contribution in [2.45, 2.75) is 6.42 Å². The van der Waals surface area contributed by atoms with E-state index < -0.39 is 10.2 Å². The van der Waals surface area contributed by atoms with Gasteiger partial charge in [-0.2, -0.15) is 18.4 Å². The van der Waals surface area contributed by atoms with E-state index in [1.54, 1.807) is 54.6 Å². The van der Waals surface area contributed by atoms with Crippen LogP contribution >= 0.6 is 11.6 Å². The molecular formula is C22H18ClN5O3S. The Kier molecular flexibility index (Phi) is 6.10. The Hall–Kier alpha value is -3.45. The summed E-state index contributed by atoms with van der Waals surface area (Å²) in [6.07, 6.45) is 2.16. The van der Waals surface area contributed by atoms with E-state index >= 15 is 0 Å². The van der Waals surface area contributed by atoms with Crippen molar-refractivity contribution in [3.8, 4) is 17.3 Å². The number of rotatable bonds is 4. The molecule has 0 bridgehead atoms. The van der Waals surface area contributed by atoms with Crippen molar-refractivity contribution in [2.75, 3.05) is 22.7 Å². The second-order valence-electron chi connectivity index (χ2n) is 7.06. The number of carbonyl (C=O) groups excluding carboxylic acids is 1. The maximum Gasteiger partial charge on any atom is 0.301 e. The molecule has 0 spiro atoms. The van der Waals surface area contributed by atoms with E-state index in [-0.39, 0.29) is 5.91 Å². The highest BCUT2D eigenvalue weighted by Gasteiger charge is 2.25. The molecule has 1 aliphatic heterocycles. The molecule has 1 fully saturated rings. The molecular weight excluding hydrogens is 450 g/mol. The topological polar surface area (TPSA) is 115 Å². The van der Waals surface area contributed by atoms with Gasteiger partial charge in [0.15, 0.2) is 0 Å². The van der Waals surface area contributed by atoms with Gasteiger partial charge in [0, 0.05) is 36.1 Å². The number of carbonyl (C=O) groups is 1. The van der Waals surface area contributed by atoms with Crippen molar-refractivity contribution in [1.29, 1.82) is 5.26 Å². The number of halogens is 1. The molecule has 1 amide bonds. The van der Waals surface area contributed by atoms with Gasteiger partial charge in [0.2, 0.25) is 0 Å². The van der Waals surface area contributed by atoms with Crippen molar-refractivity contribution >= 4 is 39.1 Å². The second kappa shape index (κ2) is 8.96. The molecule has 4 rings (SSSR count). The third kappa shape index (κ3) is 4.57. The number of nitriles is 1. The molecule has 2 N–H and O–H groups in total. The van der Waals surface area contributed by atoms with Crippen LogP contribution in [0.25, 0.3) is 11.3 Å². The zero-order valence-corrected chi connectivity index (χ0v) is 18.3. The van der Waals surface area contributed by atoms with Gasteiger partial charge in [-0.3, -0.25) is 14.1 Å². The molecule has 10 heteroatoms. The minimum atomic E-state index is -3.55. The molecule has 2 aromatic carbocycles. The number of nitrogens with zero attached hydrogens (tertiary/aromatic N) is 3. The average molecular weight is 468 g/mol. The van der Waals surface area contributed by atoms with Crippen LogP contribution in [0.2, 0.25) is 5.02 Å². The highest BCUT2D eigenvalue weighted by atomic mass is 35.5. The molecule has 0 radical (unpaired) electrons. The summed E-state index contributed by atoms with van der Waals surface area (Å²) in [7, 11) is -3.55. The quantitative estimate of drug-likeness (QED) is 0.608. The molecule has 0 atom stereocenters. The number of hydrogen-bond donors (Lipinski definition) is 2. The first kappa shape index (κ1) is 21.8. The van der Waals surface area contributed by atoms with E-state index in [9.17, 15) is 13.2 Å². The first-order chi connectivity index (χ1) is 15.4. The number of amides is 1. The minimum Gasteiger partial charge on any atom is -0.322 e. The van der Waals surface area contributed by atoms with E-state index in [0.29, 0.717) is 58.3 Å². The van der Waals surface area contributed by atoms with Crippen LogP contribution in [0.5, 0.6) is 0 Å². The lowest BCUT2D eigenvalue weighted by Gasteiger charge is -2.28. The van der Waals surface area contributed by atoms with E-state index in [0.717, 1.165) is 0 Å². The van der Waals surface area contributed by atoms with Crippen LogP contribution < -0.4 is 14.3 Å². The van der Waals surface area contributed by atoms with E-state index in [4.69, 9.17) is 16.9 Å². The van der Waals surface area contributed by atoms with E-state index in [2.05, 4.69) is 15.0 Å². The molecule has 2 heterocycles. The molecule has 8 nitrogen and oxygen atoms in total. The second-order valence-corrected chi connectivity index (χ2v) is 9.15. The number of nitrogens with one attached hydrogen (secondary N) is 2. The molecule has 0 unspecified atom stereocenters. The SMILES string of the molecule is N#Cc1ccc(-c2cc(NC(=O)c3ccc(N4CCCNS4(=O)=O)cc3)ccc2Cl)nc1. The summed E-state index contributed by atoms with van der Waals surface area (Å²) in [5.74, 6) is -0.350. The van der Waals surface area contributed by atoms with Gasteiger partial charge in [-0.1, -0.05) is 11.6 Å². The summed E-state index contributed by atoms with van der Waals surface area (Å²) in [6, 6.07) is 16.7. The molecule has 3 aromatic rings. The van der Waals surface area contributed by atoms with Gasteiger partial charge in [-0.05, 0) is 61.0 Å². The molecule has 1 aromatic heterocycles. The largest absolute Gasteiger partial charge is 0.322 e. The van der Waals surface area contributed by atoms with Crippen molar-refractivity contribution < 1.29 is 13.2 Å². The lowest BCUT2D eigenvalue weighted by atomic mass is 10.1. The normalized spacial score (nSPS) is 15.1. The monoisotopic (exact) mass is 467 g/mol. The molecule has 32 heavy (non-hydrogen) atoms. The van der Waals surface area contributed by atoms with Crippen molar-refractivity contribution in [1.82, 2.24) is 9.71 Å². The zero-order chi connectivity index (χ0) is 22.7. The van der Waals surface area contributed by atoms with Gasteiger partial charge in [-0.15, -0.1) is 0 Å². The summed E-state index contributed by atoms with van der Waals surface area (Å²) >= 11 is 6.30. The highest BCUT2D eigenvalue weighted by Crippen LogP contribution is 2.30. The standard InChI is InChI=1S/C22H18ClN5O3S/c23-20-8-5-17(12-19(20)21-9-2-15(13-24)14-25-21)27-22(29)16-3-6-18(7-4-16)28-11-1-10-26-32(28,30)31/h2-9,12,14,26H,1,10-11H2,(H,27,29). The maximum atomic E-state index is 12.7. The van der Waals surface area contributed by atoms with Crippen LogP contribution in [-0.2, 0) is 10.2 Å². The van der Waals surface area contributed by atoms with Crippen LogP contribution in [0, 0.1) is 11.3 Å². The van der Waals surface area contributed by atoms with Crippen molar-refractivity contribution in [3.63, 3.8) is 0 Å². The van der Waals surface area contributed by atoms with Crippen LogP contribution in [0.1, 0.15) is 22.3 Å². The Morgan fingerprint density at radius 1 is 1.16 bits per heavy atom. The Balaban J connectivity index is 1.52. The fourth-order valence-corrected chi connectivity index (χ4v) is 4.83. The summed E-state index contributed by atoms with van der Waals surface area (Å²) in [5.41, 5.74) is 3.02. The van der Waals surface area contributed by atoms with Crippen LogP contribution in [0.3, 0.4) is 0 Å². The third-order valence-corrected chi connectivity index (χ3v) is 6.80. The number of benzene rings is 2. The maximum absolute atomic E-state index is 12.7. The van der Waals surface area contributed by atoms with Gasteiger partial charge >= 0.3 is 10.2 Å². The number of aromatic nitrogens is 1. The summed E-state index contributed by atoms with van der Waals surface area (Å²) in [4.78, 5) is 17.0. The molecule has 1 saturated heterocycles. The highest BCUT2D eigenvalue weighted by molar-refractivity contribution is 7.90. The lowest BCUT2D eigenvalue weighted by molar-refractivity contribution is 0.102. The lowest BCUT2D eigenvalue weighted by Crippen LogP contribution is -2.47. The van der Waals surface area contributed by atoms with Crippen molar-refractivity contribution in [2.24, 2.45) is 0 Å². The summed E-state index contributed by atoms with van der Waals surface area (Å²) in [5, 5.41) is 12.2. The Morgan fingerprint density at radius 2 is 1.94 bits per heavy atom. The Bertz CT molecular complexity index is 1300. The van der Waals surface area contributed by atoms with E-state index in [1.165, 1.54) is 10.5 Å². The summed E-state index contributed by atoms with van der Waals surface area (Å²) in [6.45, 7) is 0.804. The smallest absolute Gasteiger partial charge is 0.301 e. The number of hydrogen-bond acceptors (Lipinski definition) is 5. The first-order valence-corrected chi connectivity index (χ1v) is 11.5. The van der Waals surface area contributed by atoms with Crippen molar-refractivity contribution in [3.05, 3.63) is 76.9 Å². The third-order valence-electron chi connectivity index (χ3n) is 4.92. The molecule has 0 aliphatic carbocycles. The number of pyridine rings is 1. The van der Waals surface area contributed by atoms with Crippen LogP contribution in [0.4, 0.5) is 11.4 Å². The van der Waals surface area contributed by atoms with Crippen LogP contribution in [0.15, 0.2) is 60.8 Å². The molecule has 0 saturated carbocycles. The van der Waals surface area contributed by atoms with Gasteiger partial charge in [0.25, 0.3) is 5.91 Å². The van der Waals surface area contributed by atoms with Gasteiger partial charge < -0.3 is 5.32 Å². The summed E-state index contributed by atoms with van der Waals surface area (Å²) < 4.78 is 28.1.